The van der Waals surface area contributed by atoms with Crippen LogP contribution in [0.15, 0.2) is 72.9 Å². The molecule has 1 aliphatic heterocycles. The van der Waals surface area contributed by atoms with Gasteiger partial charge < -0.3 is 24.6 Å². The van der Waals surface area contributed by atoms with Crippen LogP contribution in [0.1, 0.15) is 10.4 Å². The van der Waals surface area contributed by atoms with E-state index in [1.165, 1.54) is 7.11 Å². The molecule has 0 atom stereocenters. The summed E-state index contributed by atoms with van der Waals surface area (Å²) in [5, 5.41) is 2.85. The van der Waals surface area contributed by atoms with Crippen molar-refractivity contribution in [2.24, 2.45) is 0 Å². The standard InChI is InChI=1S/C25H26N4O4/c1-32-22-10-6-5-9-21(22)25(31)27-19-11-12-23(26-17-19)28-13-15-29(16-14-28)24(30)18-33-20-7-3-2-4-8-20/h2-12,17H,13-16,18H2,1H3,(H,27,31). The van der Waals surface area contributed by atoms with Gasteiger partial charge in [-0.1, -0.05) is 30.3 Å². The number of amides is 2. The molecule has 0 bridgehead atoms. The van der Waals surface area contributed by atoms with Crippen LogP contribution in [0.25, 0.3) is 0 Å². The SMILES string of the molecule is COc1ccccc1C(=O)Nc1ccc(N2CCN(C(=O)COc3ccccc3)CC2)nc1. The predicted molar refractivity (Wildman–Crippen MR) is 126 cm³/mol. The second-order valence-electron chi connectivity index (χ2n) is 7.53. The molecular weight excluding hydrogens is 420 g/mol. The molecule has 1 fully saturated rings. The molecule has 1 saturated heterocycles. The summed E-state index contributed by atoms with van der Waals surface area (Å²) >= 11 is 0. The van der Waals surface area contributed by atoms with E-state index in [-0.39, 0.29) is 18.4 Å². The average molecular weight is 447 g/mol. The third-order valence-electron chi connectivity index (χ3n) is 5.42. The molecule has 0 aliphatic carbocycles. The van der Waals surface area contributed by atoms with E-state index in [4.69, 9.17) is 9.47 Å². The summed E-state index contributed by atoms with van der Waals surface area (Å²) in [5.74, 6) is 1.72. The zero-order chi connectivity index (χ0) is 23.0. The summed E-state index contributed by atoms with van der Waals surface area (Å²) in [6.07, 6.45) is 1.63. The Morgan fingerprint density at radius 3 is 2.36 bits per heavy atom. The minimum atomic E-state index is -0.258. The quantitative estimate of drug-likeness (QED) is 0.601. The van der Waals surface area contributed by atoms with Crippen molar-refractivity contribution < 1.29 is 19.1 Å². The largest absolute Gasteiger partial charge is 0.496 e. The first-order valence-electron chi connectivity index (χ1n) is 10.7. The lowest BCUT2D eigenvalue weighted by atomic mass is 10.2. The molecule has 170 valence electrons. The van der Waals surface area contributed by atoms with Crippen LogP contribution in [0.5, 0.6) is 11.5 Å². The van der Waals surface area contributed by atoms with Gasteiger partial charge in [0.05, 0.1) is 24.6 Å². The number of ether oxygens (including phenoxy) is 2. The molecular formula is C25H26N4O4. The lowest BCUT2D eigenvalue weighted by Gasteiger charge is -2.35. The highest BCUT2D eigenvalue weighted by molar-refractivity contribution is 6.06. The van der Waals surface area contributed by atoms with Gasteiger partial charge in [-0.05, 0) is 36.4 Å². The Hall–Kier alpha value is -4.07. The number of piperazine rings is 1. The molecule has 8 nitrogen and oxygen atoms in total. The van der Waals surface area contributed by atoms with E-state index < -0.39 is 0 Å². The molecule has 2 amide bonds. The molecule has 1 N–H and O–H groups in total. The summed E-state index contributed by atoms with van der Waals surface area (Å²) in [5.41, 5.74) is 1.06. The lowest BCUT2D eigenvalue weighted by Crippen LogP contribution is -2.50. The normalized spacial score (nSPS) is 13.4. The molecule has 1 aliphatic rings. The Bertz CT molecular complexity index is 1080. The van der Waals surface area contributed by atoms with Gasteiger partial charge in [0.25, 0.3) is 11.8 Å². The fraction of sp³-hybridized carbons (Fsp3) is 0.240. The van der Waals surface area contributed by atoms with E-state index in [9.17, 15) is 9.59 Å². The maximum absolute atomic E-state index is 12.5. The molecule has 0 saturated carbocycles. The number of hydrogen-bond donors (Lipinski definition) is 1. The second-order valence-corrected chi connectivity index (χ2v) is 7.53. The second kappa shape index (κ2) is 10.5. The van der Waals surface area contributed by atoms with Crippen LogP contribution in [0, 0.1) is 0 Å². The molecule has 2 heterocycles. The van der Waals surface area contributed by atoms with Crippen LogP contribution < -0.4 is 19.7 Å². The van der Waals surface area contributed by atoms with E-state index in [0.717, 1.165) is 5.82 Å². The summed E-state index contributed by atoms with van der Waals surface area (Å²) in [6.45, 7) is 2.59. The van der Waals surface area contributed by atoms with Gasteiger partial charge in [0.1, 0.15) is 17.3 Å². The zero-order valence-electron chi connectivity index (χ0n) is 18.4. The molecule has 2 aromatic carbocycles. The van der Waals surface area contributed by atoms with E-state index in [0.29, 0.717) is 48.9 Å². The van der Waals surface area contributed by atoms with Gasteiger partial charge in [0, 0.05) is 26.2 Å². The number of hydrogen-bond acceptors (Lipinski definition) is 6. The van der Waals surface area contributed by atoms with Crippen LogP contribution in [-0.4, -0.2) is 61.6 Å². The number of para-hydroxylation sites is 2. The average Bonchev–Trinajstić information content (AvgIpc) is 2.88. The topological polar surface area (TPSA) is 84.0 Å². The number of rotatable bonds is 7. The fourth-order valence-electron chi connectivity index (χ4n) is 3.62. The minimum absolute atomic E-state index is 0.0270. The smallest absolute Gasteiger partial charge is 0.260 e. The number of carbonyl (C=O) groups is 2. The maximum atomic E-state index is 12.5. The molecule has 0 radical (unpaired) electrons. The highest BCUT2D eigenvalue weighted by atomic mass is 16.5. The van der Waals surface area contributed by atoms with Crippen molar-refractivity contribution in [1.82, 2.24) is 9.88 Å². The third kappa shape index (κ3) is 5.60. The van der Waals surface area contributed by atoms with Gasteiger partial charge in [-0.3, -0.25) is 9.59 Å². The Morgan fingerprint density at radius 2 is 1.67 bits per heavy atom. The first-order valence-corrected chi connectivity index (χ1v) is 10.7. The summed E-state index contributed by atoms with van der Waals surface area (Å²) in [6, 6.07) is 20.1. The monoisotopic (exact) mass is 446 g/mol. The Labute approximate surface area is 192 Å². The number of benzene rings is 2. The lowest BCUT2D eigenvalue weighted by molar-refractivity contribution is -0.133. The van der Waals surface area contributed by atoms with Crippen LogP contribution in [0.4, 0.5) is 11.5 Å². The molecule has 8 heteroatoms. The first kappa shape index (κ1) is 22.1. The van der Waals surface area contributed by atoms with Crippen LogP contribution in [-0.2, 0) is 4.79 Å². The van der Waals surface area contributed by atoms with Gasteiger partial charge in [-0.2, -0.15) is 0 Å². The van der Waals surface area contributed by atoms with Crippen molar-refractivity contribution >= 4 is 23.3 Å². The number of nitrogens with zero attached hydrogens (tertiary/aromatic N) is 3. The summed E-state index contributed by atoms with van der Waals surface area (Å²) in [7, 11) is 1.53. The molecule has 0 spiro atoms. The number of nitrogens with one attached hydrogen (secondary N) is 1. The predicted octanol–water partition coefficient (Wildman–Crippen LogP) is 3.07. The van der Waals surface area contributed by atoms with Crippen molar-refractivity contribution in [3.8, 4) is 11.5 Å². The van der Waals surface area contributed by atoms with Crippen molar-refractivity contribution in [3.05, 3.63) is 78.5 Å². The minimum Gasteiger partial charge on any atom is -0.496 e. The summed E-state index contributed by atoms with van der Waals surface area (Å²) < 4.78 is 10.8. The highest BCUT2D eigenvalue weighted by Gasteiger charge is 2.22. The van der Waals surface area contributed by atoms with Crippen LogP contribution >= 0.6 is 0 Å². The van der Waals surface area contributed by atoms with E-state index in [1.807, 2.05) is 48.5 Å². The summed E-state index contributed by atoms with van der Waals surface area (Å²) in [4.78, 5) is 33.4. The molecule has 33 heavy (non-hydrogen) atoms. The van der Waals surface area contributed by atoms with Gasteiger partial charge in [-0.15, -0.1) is 0 Å². The molecule has 3 aromatic rings. The fourth-order valence-corrected chi connectivity index (χ4v) is 3.62. The van der Waals surface area contributed by atoms with Gasteiger partial charge in [-0.25, -0.2) is 4.98 Å². The number of carbonyl (C=O) groups excluding carboxylic acids is 2. The van der Waals surface area contributed by atoms with Crippen LogP contribution in [0.2, 0.25) is 0 Å². The molecule has 4 rings (SSSR count). The van der Waals surface area contributed by atoms with Crippen molar-refractivity contribution in [3.63, 3.8) is 0 Å². The Balaban J connectivity index is 1.27. The Morgan fingerprint density at radius 1 is 0.939 bits per heavy atom. The van der Waals surface area contributed by atoms with Gasteiger partial charge in [0.15, 0.2) is 6.61 Å². The highest BCUT2D eigenvalue weighted by Crippen LogP contribution is 2.20. The number of pyridine rings is 1. The van der Waals surface area contributed by atoms with Crippen molar-refractivity contribution in [2.75, 3.05) is 50.1 Å². The van der Waals surface area contributed by atoms with Crippen molar-refractivity contribution in [2.45, 2.75) is 0 Å². The zero-order valence-corrected chi connectivity index (χ0v) is 18.4. The van der Waals surface area contributed by atoms with E-state index >= 15 is 0 Å². The first-order chi connectivity index (χ1) is 16.1. The number of anilines is 2. The van der Waals surface area contributed by atoms with Crippen LogP contribution in [0.3, 0.4) is 0 Å². The maximum Gasteiger partial charge on any atom is 0.260 e. The Kier molecular flexibility index (Phi) is 7.04. The number of methoxy groups -OCH3 is 1. The van der Waals surface area contributed by atoms with Gasteiger partial charge in [0.2, 0.25) is 0 Å². The molecule has 0 unspecified atom stereocenters. The van der Waals surface area contributed by atoms with E-state index in [2.05, 4.69) is 15.2 Å². The van der Waals surface area contributed by atoms with Crippen molar-refractivity contribution in [1.29, 1.82) is 0 Å². The number of aromatic nitrogens is 1. The van der Waals surface area contributed by atoms with E-state index in [1.54, 1.807) is 29.3 Å². The van der Waals surface area contributed by atoms with Gasteiger partial charge >= 0.3 is 0 Å². The third-order valence-corrected chi connectivity index (χ3v) is 5.42. The molecule has 1 aromatic heterocycles.